The van der Waals surface area contributed by atoms with Crippen molar-refractivity contribution in [2.75, 3.05) is 13.2 Å². The first-order valence-corrected chi connectivity index (χ1v) is 8.63. The van der Waals surface area contributed by atoms with Gasteiger partial charge >= 0.3 is 0 Å². The Hall–Kier alpha value is -3.08. The largest absolute Gasteiger partial charge is 0.488 e. The second-order valence-electron chi connectivity index (χ2n) is 6.40. The number of amides is 1. The zero-order valence-corrected chi connectivity index (χ0v) is 15.1. The van der Waals surface area contributed by atoms with Crippen molar-refractivity contribution >= 4 is 16.9 Å². The third-order valence-corrected chi connectivity index (χ3v) is 4.02. The zero-order chi connectivity index (χ0) is 18.5. The second-order valence-corrected chi connectivity index (χ2v) is 6.40. The average Bonchev–Trinajstić information content (AvgIpc) is 3.04. The van der Waals surface area contributed by atoms with E-state index >= 15 is 0 Å². The van der Waals surface area contributed by atoms with Gasteiger partial charge in [0.2, 0.25) is 0 Å². The summed E-state index contributed by atoms with van der Waals surface area (Å²) in [4.78, 5) is 20.4. The monoisotopic (exact) mass is 349 g/mol. The number of hydrogen-bond donors (Lipinski definition) is 2. The summed E-state index contributed by atoms with van der Waals surface area (Å²) in [7, 11) is 0. The molecule has 0 bridgehead atoms. The Balaban J connectivity index is 1.62. The quantitative estimate of drug-likeness (QED) is 0.638. The molecule has 5 heteroatoms. The molecular formula is C21H23N3O2. The fourth-order valence-corrected chi connectivity index (χ4v) is 2.72. The molecule has 0 aliphatic carbocycles. The van der Waals surface area contributed by atoms with E-state index < -0.39 is 0 Å². The van der Waals surface area contributed by atoms with E-state index in [4.69, 9.17) is 4.74 Å². The van der Waals surface area contributed by atoms with Crippen LogP contribution >= 0.6 is 0 Å². The lowest BCUT2D eigenvalue weighted by atomic mass is 10.2. The molecule has 134 valence electrons. The predicted molar refractivity (Wildman–Crippen MR) is 104 cm³/mol. The van der Waals surface area contributed by atoms with Crippen LogP contribution in [0.1, 0.15) is 28.7 Å². The van der Waals surface area contributed by atoms with Crippen LogP contribution in [0, 0.1) is 6.92 Å². The van der Waals surface area contributed by atoms with Gasteiger partial charge in [-0.15, -0.1) is 0 Å². The lowest BCUT2D eigenvalue weighted by Crippen LogP contribution is -2.26. The van der Waals surface area contributed by atoms with Gasteiger partial charge in [-0.2, -0.15) is 0 Å². The summed E-state index contributed by atoms with van der Waals surface area (Å²) < 4.78 is 5.66. The Morgan fingerprint density at radius 1 is 1.23 bits per heavy atom. The van der Waals surface area contributed by atoms with E-state index in [-0.39, 0.29) is 5.91 Å². The van der Waals surface area contributed by atoms with Crippen LogP contribution in [0.15, 0.2) is 54.6 Å². The molecule has 2 N–H and O–H groups in total. The Morgan fingerprint density at radius 2 is 2.04 bits per heavy atom. The number of nitrogens with one attached hydrogen (secondary N) is 2. The van der Waals surface area contributed by atoms with Crippen LogP contribution in [0.5, 0.6) is 5.75 Å². The molecule has 1 heterocycles. The first-order chi connectivity index (χ1) is 12.5. The van der Waals surface area contributed by atoms with Gasteiger partial charge in [0.15, 0.2) is 0 Å². The van der Waals surface area contributed by atoms with E-state index in [2.05, 4.69) is 21.9 Å². The van der Waals surface area contributed by atoms with Crippen LogP contribution in [0.4, 0.5) is 0 Å². The first kappa shape index (κ1) is 17.7. The molecule has 26 heavy (non-hydrogen) atoms. The van der Waals surface area contributed by atoms with Crippen LogP contribution in [0.25, 0.3) is 11.0 Å². The van der Waals surface area contributed by atoms with Crippen molar-refractivity contribution in [2.24, 2.45) is 0 Å². The Labute approximate surface area is 153 Å². The molecular weight excluding hydrogens is 326 g/mol. The maximum Gasteiger partial charge on any atom is 0.255 e. The maximum atomic E-state index is 12.5. The third-order valence-electron chi connectivity index (χ3n) is 4.02. The summed E-state index contributed by atoms with van der Waals surface area (Å²) >= 11 is 0. The molecule has 0 radical (unpaired) electrons. The smallest absolute Gasteiger partial charge is 0.255 e. The van der Waals surface area contributed by atoms with Gasteiger partial charge in [-0.1, -0.05) is 30.8 Å². The number of nitrogens with zero attached hydrogens (tertiary/aromatic N) is 1. The number of rotatable bonds is 7. The maximum absolute atomic E-state index is 12.5. The lowest BCUT2D eigenvalue weighted by molar-refractivity contribution is 0.0950. The number of aromatic amines is 1. The topological polar surface area (TPSA) is 67.0 Å². The summed E-state index contributed by atoms with van der Waals surface area (Å²) in [6.07, 6.45) is 0.634. The van der Waals surface area contributed by atoms with E-state index in [0.29, 0.717) is 30.9 Å². The van der Waals surface area contributed by atoms with Crippen molar-refractivity contribution in [2.45, 2.75) is 20.3 Å². The number of para-hydroxylation sites is 2. The number of aryl methyl sites for hydroxylation is 1. The highest BCUT2D eigenvalue weighted by molar-refractivity contribution is 5.96. The Bertz CT molecular complexity index is 943. The molecule has 1 aromatic heterocycles. The molecule has 0 saturated heterocycles. The summed E-state index contributed by atoms with van der Waals surface area (Å²) in [5, 5.41) is 2.93. The molecule has 0 atom stereocenters. The van der Waals surface area contributed by atoms with Crippen molar-refractivity contribution in [3.63, 3.8) is 0 Å². The summed E-state index contributed by atoms with van der Waals surface area (Å²) in [5.41, 5.74) is 4.56. The minimum atomic E-state index is -0.158. The minimum Gasteiger partial charge on any atom is -0.488 e. The number of H-pyrrole nitrogens is 1. The SMILES string of the molecule is C=C(C)COc1ccccc1C(=O)NCCc1nc2c(C)cccc2[nH]1. The summed E-state index contributed by atoms with van der Waals surface area (Å²) in [6.45, 7) is 8.63. The molecule has 0 unspecified atom stereocenters. The van der Waals surface area contributed by atoms with E-state index in [0.717, 1.165) is 28.0 Å². The third kappa shape index (κ3) is 4.11. The molecule has 0 spiro atoms. The Kier molecular flexibility index (Phi) is 5.37. The van der Waals surface area contributed by atoms with Gasteiger partial charge in [0.1, 0.15) is 18.2 Å². The number of fused-ring (bicyclic) bond motifs is 1. The fourth-order valence-electron chi connectivity index (χ4n) is 2.72. The van der Waals surface area contributed by atoms with Gasteiger partial charge in [0.05, 0.1) is 16.6 Å². The number of carbonyl (C=O) groups is 1. The molecule has 5 nitrogen and oxygen atoms in total. The molecule has 0 aliphatic heterocycles. The molecule has 0 saturated carbocycles. The lowest BCUT2D eigenvalue weighted by Gasteiger charge is -2.11. The minimum absolute atomic E-state index is 0.158. The van der Waals surface area contributed by atoms with E-state index in [1.807, 2.05) is 44.2 Å². The second kappa shape index (κ2) is 7.87. The molecule has 0 aliphatic rings. The highest BCUT2D eigenvalue weighted by Crippen LogP contribution is 2.19. The normalized spacial score (nSPS) is 10.7. The molecule has 3 aromatic rings. The Morgan fingerprint density at radius 3 is 2.81 bits per heavy atom. The fraction of sp³-hybridized carbons (Fsp3) is 0.238. The summed E-state index contributed by atoms with van der Waals surface area (Å²) in [5.74, 6) is 1.27. The highest BCUT2D eigenvalue weighted by Gasteiger charge is 2.12. The number of hydrogen-bond acceptors (Lipinski definition) is 3. The van der Waals surface area contributed by atoms with Crippen LogP contribution in [-0.4, -0.2) is 29.0 Å². The van der Waals surface area contributed by atoms with Crippen molar-refractivity contribution in [1.29, 1.82) is 0 Å². The number of benzene rings is 2. The standard InChI is InChI=1S/C21H23N3O2/c1-14(2)13-26-18-10-5-4-8-16(18)21(25)22-12-11-19-23-17-9-6-7-15(3)20(17)24-19/h4-10H,1,11-13H2,2-3H3,(H,22,25)(H,23,24). The van der Waals surface area contributed by atoms with E-state index in [1.165, 1.54) is 0 Å². The predicted octanol–water partition coefficient (Wildman–Crippen LogP) is 3.80. The van der Waals surface area contributed by atoms with Crippen molar-refractivity contribution in [3.05, 3.63) is 71.6 Å². The number of ether oxygens (including phenoxy) is 1. The first-order valence-electron chi connectivity index (χ1n) is 8.63. The molecule has 1 amide bonds. The molecule has 2 aromatic carbocycles. The van der Waals surface area contributed by atoms with Gasteiger partial charge in [0.25, 0.3) is 5.91 Å². The van der Waals surface area contributed by atoms with E-state index in [1.54, 1.807) is 12.1 Å². The van der Waals surface area contributed by atoms with Crippen molar-refractivity contribution < 1.29 is 9.53 Å². The van der Waals surface area contributed by atoms with Crippen LogP contribution < -0.4 is 10.1 Å². The highest BCUT2D eigenvalue weighted by atomic mass is 16.5. The molecule has 3 rings (SSSR count). The van der Waals surface area contributed by atoms with Crippen molar-refractivity contribution in [1.82, 2.24) is 15.3 Å². The van der Waals surface area contributed by atoms with Gasteiger partial charge in [-0.05, 0) is 43.2 Å². The average molecular weight is 349 g/mol. The van der Waals surface area contributed by atoms with Crippen molar-refractivity contribution in [3.8, 4) is 5.75 Å². The molecule has 0 fully saturated rings. The van der Waals surface area contributed by atoms with Gasteiger partial charge in [-0.3, -0.25) is 4.79 Å². The van der Waals surface area contributed by atoms with E-state index in [9.17, 15) is 4.79 Å². The number of imidazole rings is 1. The number of carbonyl (C=O) groups excluding carboxylic acids is 1. The van der Waals surface area contributed by atoms with Gasteiger partial charge in [0, 0.05) is 13.0 Å². The van der Waals surface area contributed by atoms with Crippen LogP contribution in [0.2, 0.25) is 0 Å². The summed E-state index contributed by atoms with van der Waals surface area (Å²) in [6, 6.07) is 13.3. The van der Waals surface area contributed by atoms with Gasteiger partial charge in [-0.25, -0.2) is 4.98 Å². The van der Waals surface area contributed by atoms with Crippen LogP contribution in [-0.2, 0) is 6.42 Å². The van der Waals surface area contributed by atoms with Gasteiger partial charge < -0.3 is 15.0 Å². The van der Waals surface area contributed by atoms with Crippen LogP contribution in [0.3, 0.4) is 0 Å². The number of aromatic nitrogens is 2. The zero-order valence-electron chi connectivity index (χ0n) is 15.1.